The molecule has 0 radical (unpaired) electrons. The van der Waals surface area contributed by atoms with Gasteiger partial charge in [-0.05, 0) is 30.9 Å². The number of benzene rings is 1. The normalized spacial score (nSPS) is 11.0. The van der Waals surface area contributed by atoms with Crippen LogP contribution in [-0.4, -0.2) is 37.4 Å². The summed E-state index contributed by atoms with van der Waals surface area (Å²) in [5.41, 5.74) is 1.98. The van der Waals surface area contributed by atoms with E-state index in [1.807, 2.05) is 31.2 Å². The third-order valence-corrected chi connectivity index (χ3v) is 3.44. The Balaban J connectivity index is 0.00000529. The zero-order valence-electron chi connectivity index (χ0n) is 14.9. The minimum absolute atomic E-state index is 0. The minimum atomic E-state index is 0. The van der Waals surface area contributed by atoms with Gasteiger partial charge in [-0.25, -0.2) is 4.99 Å². The highest BCUT2D eigenvalue weighted by Crippen LogP contribution is 2.09. The standard InChI is InChI=1S/C18H31N3O2.HI/c1-3-5-12-23-13-8-11-20-18(19-4-2)21-14-16-9-6-7-10-17(16)15-22;/h6-7,9-10,22H,3-5,8,11-15H2,1-2H3,(H2,19,20,21);1H. The molecule has 0 aliphatic heterocycles. The number of aliphatic hydroxyl groups excluding tert-OH is 1. The lowest BCUT2D eigenvalue weighted by atomic mass is 10.1. The molecule has 0 heterocycles. The molecule has 5 nitrogen and oxygen atoms in total. The number of aliphatic imine (C=N–C) groups is 1. The van der Waals surface area contributed by atoms with Crippen molar-refractivity contribution in [3.8, 4) is 0 Å². The fraction of sp³-hybridized carbons (Fsp3) is 0.611. The molecule has 1 aromatic carbocycles. The Labute approximate surface area is 163 Å². The Morgan fingerprint density at radius 3 is 2.46 bits per heavy atom. The molecule has 0 aromatic heterocycles. The summed E-state index contributed by atoms with van der Waals surface area (Å²) in [7, 11) is 0. The van der Waals surface area contributed by atoms with Crippen LogP contribution in [0.5, 0.6) is 0 Å². The third kappa shape index (κ3) is 10.1. The SMILES string of the molecule is CCCCOCCCNC(=NCc1ccccc1CO)NCC.I. The highest BCUT2D eigenvalue weighted by Gasteiger charge is 2.01. The van der Waals surface area contributed by atoms with Crippen LogP contribution in [0.15, 0.2) is 29.3 Å². The summed E-state index contributed by atoms with van der Waals surface area (Å²) in [4.78, 5) is 4.58. The molecule has 138 valence electrons. The van der Waals surface area contributed by atoms with Crippen molar-refractivity contribution in [3.63, 3.8) is 0 Å². The Hall–Kier alpha value is -0.860. The molecule has 6 heteroatoms. The van der Waals surface area contributed by atoms with Crippen molar-refractivity contribution in [2.24, 2.45) is 4.99 Å². The Bertz CT molecular complexity index is 456. The number of rotatable bonds is 11. The molecule has 0 aliphatic carbocycles. The van der Waals surface area contributed by atoms with E-state index in [-0.39, 0.29) is 30.6 Å². The van der Waals surface area contributed by atoms with E-state index in [0.29, 0.717) is 6.54 Å². The summed E-state index contributed by atoms with van der Waals surface area (Å²) < 4.78 is 5.55. The number of hydrogen-bond acceptors (Lipinski definition) is 3. The van der Waals surface area contributed by atoms with Gasteiger partial charge in [0.1, 0.15) is 0 Å². The molecule has 0 spiro atoms. The summed E-state index contributed by atoms with van der Waals surface area (Å²) in [6, 6.07) is 7.83. The second kappa shape index (κ2) is 15.7. The molecular weight excluding hydrogens is 417 g/mol. The lowest BCUT2D eigenvalue weighted by Crippen LogP contribution is -2.38. The predicted molar refractivity (Wildman–Crippen MR) is 111 cm³/mol. The molecule has 0 atom stereocenters. The third-order valence-electron chi connectivity index (χ3n) is 3.44. The summed E-state index contributed by atoms with van der Waals surface area (Å²) >= 11 is 0. The first-order valence-electron chi connectivity index (χ1n) is 8.59. The van der Waals surface area contributed by atoms with E-state index in [9.17, 15) is 5.11 Å². The second-order valence-corrected chi connectivity index (χ2v) is 5.37. The van der Waals surface area contributed by atoms with Crippen LogP contribution >= 0.6 is 24.0 Å². The molecule has 24 heavy (non-hydrogen) atoms. The van der Waals surface area contributed by atoms with Gasteiger partial charge in [-0.15, -0.1) is 24.0 Å². The van der Waals surface area contributed by atoms with Crippen LogP contribution in [0.4, 0.5) is 0 Å². The van der Waals surface area contributed by atoms with E-state index in [1.165, 1.54) is 6.42 Å². The molecule has 0 bridgehead atoms. The maximum Gasteiger partial charge on any atom is 0.191 e. The molecule has 0 amide bonds. The summed E-state index contributed by atoms with van der Waals surface area (Å²) in [6.45, 7) is 8.10. The van der Waals surface area contributed by atoms with Crippen LogP contribution in [0.25, 0.3) is 0 Å². The number of guanidine groups is 1. The largest absolute Gasteiger partial charge is 0.392 e. The zero-order chi connectivity index (χ0) is 16.8. The van der Waals surface area contributed by atoms with Crippen LogP contribution in [0.3, 0.4) is 0 Å². The Morgan fingerprint density at radius 1 is 1.08 bits per heavy atom. The van der Waals surface area contributed by atoms with Gasteiger partial charge in [0, 0.05) is 26.3 Å². The van der Waals surface area contributed by atoms with E-state index in [0.717, 1.165) is 56.2 Å². The lowest BCUT2D eigenvalue weighted by molar-refractivity contribution is 0.129. The van der Waals surface area contributed by atoms with E-state index in [2.05, 4.69) is 22.5 Å². The lowest BCUT2D eigenvalue weighted by Gasteiger charge is -2.12. The van der Waals surface area contributed by atoms with Gasteiger partial charge in [0.2, 0.25) is 0 Å². The van der Waals surface area contributed by atoms with E-state index in [4.69, 9.17) is 4.74 Å². The van der Waals surface area contributed by atoms with Crippen LogP contribution in [0.2, 0.25) is 0 Å². The predicted octanol–water partition coefficient (Wildman–Crippen LogP) is 3.06. The highest BCUT2D eigenvalue weighted by molar-refractivity contribution is 14.0. The van der Waals surface area contributed by atoms with Crippen molar-refractivity contribution < 1.29 is 9.84 Å². The average Bonchev–Trinajstić information content (AvgIpc) is 2.59. The van der Waals surface area contributed by atoms with Crippen LogP contribution in [-0.2, 0) is 17.9 Å². The van der Waals surface area contributed by atoms with Gasteiger partial charge in [-0.1, -0.05) is 37.6 Å². The quantitative estimate of drug-likeness (QED) is 0.210. The molecular formula is C18H32IN3O2. The van der Waals surface area contributed by atoms with Gasteiger partial charge in [0.05, 0.1) is 13.2 Å². The topological polar surface area (TPSA) is 65.9 Å². The summed E-state index contributed by atoms with van der Waals surface area (Å²) in [6.07, 6.45) is 3.26. The number of aliphatic hydroxyl groups is 1. The first-order valence-corrected chi connectivity index (χ1v) is 8.59. The summed E-state index contributed by atoms with van der Waals surface area (Å²) in [5, 5.41) is 15.9. The molecule has 1 aromatic rings. The van der Waals surface area contributed by atoms with Gasteiger partial charge in [-0.2, -0.15) is 0 Å². The highest BCUT2D eigenvalue weighted by atomic mass is 127. The van der Waals surface area contributed by atoms with Crippen molar-refractivity contribution in [1.82, 2.24) is 10.6 Å². The molecule has 1 rings (SSSR count). The average molecular weight is 449 g/mol. The molecule has 0 saturated heterocycles. The van der Waals surface area contributed by atoms with Crippen molar-refractivity contribution in [3.05, 3.63) is 35.4 Å². The van der Waals surface area contributed by atoms with Crippen LogP contribution in [0.1, 0.15) is 44.2 Å². The summed E-state index contributed by atoms with van der Waals surface area (Å²) in [5.74, 6) is 0.800. The van der Waals surface area contributed by atoms with E-state index >= 15 is 0 Å². The number of ether oxygens (including phenoxy) is 1. The first-order chi connectivity index (χ1) is 11.3. The number of unbranched alkanes of at least 4 members (excludes halogenated alkanes) is 1. The minimum Gasteiger partial charge on any atom is -0.392 e. The Morgan fingerprint density at radius 2 is 1.79 bits per heavy atom. The number of nitrogens with zero attached hydrogens (tertiary/aromatic N) is 1. The molecule has 0 aliphatic rings. The first kappa shape index (κ1) is 23.1. The fourth-order valence-corrected chi connectivity index (χ4v) is 2.10. The molecule has 0 unspecified atom stereocenters. The maximum atomic E-state index is 9.36. The smallest absolute Gasteiger partial charge is 0.191 e. The van der Waals surface area contributed by atoms with Gasteiger partial charge >= 0.3 is 0 Å². The number of nitrogens with one attached hydrogen (secondary N) is 2. The van der Waals surface area contributed by atoms with Crippen molar-refractivity contribution in [2.45, 2.75) is 46.3 Å². The molecule has 0 fully saturated rings. The van der Waals surface area contributed by atoms with Crippen molar-refractivity contribution in [1.29, 1.82) is 0 Å². The Kier molecular flexibility index (Phi) is 15.1. The van der Waals surface area contributed by atoms with Gasteiger partial charge < -0.3 is 20.5 Å². The fourth-order valence-electron chi connectivity index (χ4n) is 2.10. The second-order valence-electron chi connectivity index (χ2n) is 5.37. The zero-order valence-corrected chi connectivity index (χ0v) is 17.2. The van der Waals surface area contributed by atoms with Crippen molar-refractivity contribution >= 4 is 29.9 Å². The van der Waals surface area contributed by atoms with Gasteiger partial charge in [0.15, 0.2) is 5.96 Å². The van der Waals surface area contributed by atoms with Crippen LogP contribution in [0, 0.1) is 0 Å². The molecule has 3 N–H and O–H groups in total. The van der Waals surface area contributed by atoms with Crippen LogP contribution < -0.4 is 10.6 Å². The maximum absolute atomic E-state index is 9.36. The van der Waals surface area contributed by atoms with Crippen molar-refractivity contribution in [2.75, 3.05) is 26.3 Å². The molecule has 0 saturated carbocycles. The number of hydrogen-bond donors (Lipinski definition) is 3. The van der Waals surface area contributed by atoms with Gasteiger partial charge in [-0.3, -0.25) is 0 Å². The monoisotopic (exact) mass is 449 g/mol. The van der Waals surface area contributed by atoms with E-state index in [1.54, 1.807) is 0 Å². The van der Waals surface area contributed by atoms with Gasteiger partial charge in [0.25, 0.3) is 0 Å². The number of halogens is 1. The van der Waals surface area contributed by atoms with E-state index < -0.39 is 0 Å².